The smallest absolute Gasteiger partial charge is 0.123 e. The third-order valence-corrected chi connectivity index (χ3v) is 3.49. The molecule has 0 aliphatic heterocycles. The maximum absolute atomic E-state index is 13.1. The summed E-state index contributed by atoms with van der Waals surface area (Å²) in [7, 11) is 0. The van der Waals surface area contributed by atoms with Gasteiger partial charge < -0.3 is 10.4 Å². The molecule has 2 aromatic carbocycles. The van der Waals surface area contributed by atoms with Crippen molar-refractivity contribution in [1.82, 2.24) is 5.32 Å². The van der Waals surface area contributed by atoms with Crippen molar-refractivity contribution in [2.75, 3.05) is 6.61 Å². The molecule has 0 spiro atoms. The lowest BCUT2D eigenvalue weighted by molar-refractivity contribution is 0.245. The summed E-state index contributed by atoms with van der Waals surface area (Å²) in [6.07, 6.45) is 0. The topological polar surface area (TPSA) is 32.3 Å². The van der Waals surface area contributed by atoms with Crippen LogP contribution in [0.5, 0.6) is 0 Å². The van der Waals surface area contributed by atoms with E-state index in [-0.39, 0.29) is 24.5 Å². The minimum atomic E-state index is -0.276. The van der Waals surface area contributed by atoms with E-state index in [1.54, 1.807) is 12.1 Å². The van der Waals surface area contributed by atoms with Crippen LogP contribution in [0.2, 0.25) is 5.02 Å². The highest BCUT2D eigenvalue weighted by atomic mass is 35.5. The third-order valence-electron chi connectivity index (χ3n) is 3.14. The quantitative estimate of drug-likeness (QED) is 0.884. The van der Waals surface area contributed by atoms with E-state index in [1.807, 2.05) is 31.2 Å². The van der Waals surface area contributed by atoms with Gasteiger partial charge in [-0.05, 0) is 36.2 Å². The number of halogens is 2. The van der Waals surface area contributed by atoms with Gasteiger partial charge in [-0.25, -0.2) is 4.39 Å². The number of rotatable bonds is 5. The highest BCUT2D eigenvalue weighted by Crippen LogP contribution is 2.28. The molecule has 2 N–H and O–H groups in total. The summed E-state index contributed by atoms with van der Waals surface area (Å²) in [5.41, 5.74) is 1.81. The average molecular weight is 294 g/mol. The van der Waals surface area contributed by atoms with Crippen LogP contribution in [0.25, 0.3) is 0 Å². The lowest BCUT2D eigenvalue weighted by Crippen LogP contribution is -2.34. The Morgan fingerprint density at radius 1 is 1.15 bits per heavy atom. The van der Waals surface area contributed by atoms with Crippen LogP contribution in [0.15, 0.2) is 48.5 Å². The zero-order valence-electron chi connectivity index (χ0n) is 11.2. The molecule has 2 atom stereocenters. The molecule has 0 saturated carbocycles. The number of aliphatic hydroxyl groups excluding tert-OH is 1. The van der Waals surface area contributed by atoms with Gasteiger partial charge in [0, 0.05) is 11.1 Å². The van der Waals surface area contributed by atoms with Crippen LogP contribution in [-0.4, -0.2) is 17.8 Å². The summed E-state index contributed by atoms with van der Waals surface area (Å²) in [4.78, 5) is 0. The monoisotopic (exact) mass is 293 g/mol. The molecule has 1 unspecified atom stereocenters. The fourth-order valence-corrected chi connectivity index (χ4v) is 2.31. The Labute approximate surface area is 123 Å². The third kappa shape index (κ3) is 3.57. The Hall–Kier alpha value is -1.42. The maximum atomic E-state index is 13.1. The molecule has 0 amide bonds. The number of nitrogens with one attached hydrogen (secondary N) is 1. The Kier molecular flexibility index (Phi) is 5.12. The molecular formula is C16H17ClFNO. The Bertz CT molecular complexity index is 559. The van der Waals surface area contributed by atoms with Crippen LogP contribution in [0.3, 0.4) is 0 Å². The second-order valence-electron chi connectivity index (χ2n) is 4.76. The zero-order chi connectivity index (χ0) is 14.5. The number of aliphatic hydroxyl groups is 1. The Balaban J connectivity index is 2.39. The van der Waals surface area contributed by atoms with E-state index in [4.69, 9.17) is 11.6 Å². The first kappa shape index (κ1) is 15.0. The molecule has 0 saturated heterocycles. The van der Waals surface area contributed by atoms with Crippen molar-refractivity contribution in [2.24, 2.45) is 0 Å². The van der Waals surface area contributed by atoms with Crippen LogP contribution >= 0.6 is 11.6 Å². The van der Waals surface area contributed by atoms with Crippen molar-refractivity contribution in [3.05, 3.63) is 70.5 Å². The molecule has 0 radical (unpaired) electrons. The van der Waals surface area contributed by atoms with E-state index >= 15 is 0 Å². The van der Waals surface area contributed by atoms with Gasteiger partial charge in [0.15, 0.2) is 0 Å². The number of hydrogen-bond donors (Lipinski definition) is 2. The molecule has 0 bridgehead atoms. The Morgan fingerprint density at radius 2 is 1.80 bits per heavy atom. The van der Waals surface area contributed by atoms with E-state index in [0.29, 0.717) is 5.02 Å². The van der Waals surface area contributed by atoms with Gasteiger partial charge in [-0.2, -0.15) is 0 Å². The van der Waals surface area contributed by atoms with Crippen molar-refractivity contribution in [3.8, 4) is 0 Å². The first-order chi connectivity index (χ1) is 9.61. The molecular weight excluding hydrogens is 277 g/mol. The van der Waals surface area contributed by atoms with Gasteiger partial charge >= 0.3 is 0 Å². The van der Waals surface area contributed by atoms with E-state index in [1.165, 1.54) is 12.1 Å². The summed E-state index contributed by atoms with van der Waals surface area (Å²) in [5.74, 6) is -0.276. The van der Waals surface area contributed by atoms with Crippen LogP contribution in [0, 0.1) is 5.82 Å². The second kappa shape index (κ2) is 6.84. The molecule has 2 aromatic rings. The molecule has 0 aliphatic carbocycles. The summed E-state index contributed by atoms with van der Waals surface area (Å²) >= 11 is 6.25. The number of benzene rings is 2. The van der Waals surface area contributed by atoms with Crippen molar-refractivity contribution in [2.45, 2.75) is 19.0 Å². The Morgan fingerprint density at radius 3 is 2.40 bits per heavy atom. The molecule has 2 nitrogen and oxygen atoms in total. The minimum absolute atomic E-state index is 0.0160. The predicted octanol–water partition coefficient (Wildman–Crippen LogP) is 3.54. The van der Waals surface area contributed by atoms with Crippen molar-refractivity contribution in [3.63, 3.8) is 0 Å². The first-order valence-corrected chi connectivity index (χ1v) is 6.86. The highest BCUT2D eigenvalue weighted by molar-refractivity contribution is 6.31. The van der Waals surface area contributed by atoms with E-state index < -0.39 is 0 Å². The highest BCUT2D eigenvalue weighted by Gasteiger charge is 2.18. The molecule has 0 heterocycles. The average Bonchev–Trinajstić information content (AvgIpc) is 2.46. The van der Waals surface area contributed by atoms with Gasteiger partial charge in [0.2, 0.25) is 0 Å². The summed E-state index contributed by atoms with van der Waals surface area (Å²) in [5, 5.41) is 13.2. The van der Waals surface area contributed by atoms with Crippen molar-refractivity contribution in [1.29, 1.82) is 0 Å². The minimum Gasteiger partial charge on any atom is -0.395 e. The largest absolute Gasteiger partial charge is 0.395 e. The van der Waals surface area contributed by atoms with Gasteiger partial charge in [0.1, 0.15) is 5.82 Å². The lowest BCUT2D eigenvalue weighted by atomic mass is 9.98. The normalized spacial score (nSPS) is 14.0. The van der Waals surface area contributed by atoms with Crippen molar-refractivity contribution >= 4 is 11.6 Å². The van der Waals surface area contributed by atoms with Crippen molar-refractivity contribution < 1.29 is 9.50 Å². The maximum Gasteiger partial charge on any atom is 0.123 e. The van der Waals surface area contributed by atoms with E-state index in [9.17, 15) is 9.50 Å². The lowest BCUT2D eigenvalue weighted by Gasteiger charge is -2.24. The predicted molar refractivity (Wildman–Crippen MR) is 79.4 cm³/mol. The van der Waals surface area contributed by atoms with Crippen LogP contribution in [-0.2, 0) is 0 Å². The molecule has 0 aromatic heterocycles. The standard InChI is InChI=1S/C16H17ClFNO/c1-11(10-20)19-16(12-6-8-13(18)9-7-12)14-4-2-3-5-15(14)17/h2-9,11,16,19-20H,10H2,1H3/t11-,16?/m1/s1. The van der Waals surface area contributed by atoms with E-state index in [0.717, 1.165) is 11.1 Å². The fraction of sp³-hybridized carbons (Fsp3) is 0.250. The van der Waals surface area contributed by atoms with E-state index in [2.05, 4.69) is 5.32 Å². The van der Waals surface area contributed by atoms with Gasteiger partial charge in [-0.15, -0.1) is 0 Å². The molecule has 2 rings (SSSR count). The molecule has 106 valence electrons. The summed E-state index contributed by atoms with van der Waals surface area (Å²) < 4.78 is 13.1. The molecule has 4 heteroatoms. The van der Waals surface area contributed by atoms with Gasteiger partial charge in [-0.1, -0.05) is 41.9 Å². The zero-order valence-corrected chi connectivity index (χ0v) is 11.9. The number of hydrogen-bond acceptors (Lipinski definition) is 2. The molecule has 0 fully saturated rings. The molecule has 20 heavy (non-hydrogen) atoms. The van der Waals surface area contributed by atoms with Gasteiger partial charge in [0.25, 0.3) is 0 Å². The summed E-state index contributed by atoms with van der Waals surface area (Å²) in [6.45, 7) is 1.90. The van der Waals surface area contributed by atoms with Crippen LogP contribution < -0.4 is 5.32 Å². The molecule has 0 aliphatic rings. The first-order valence-electron chi connectivity index (χ1n) is 6.48. The van der Waals surface area contributed by atoms with Gasteiger partial charge in [0.05, 0.1) is 12.6 Å². The van der Waals surface area contributed by atoms with Crippen LogP contribution in [0.1, 0.15) is 24.1 Å². The summed E-state index contributed by atoms with van der Waals surface area (Å²) in [6, 6.07) is 13.5. The van der Waals surface area contributed by atoms with Gasteiger partial charge in [-0.3, -0.25) is 0 Å². The SMILES string of the molecule is C[C@H](CO)NC(c1ccc(F)cc1)c1ccccc1Cl. The second-order valence-corrected chi connectivity index (χ2v) is 5.16. The van der Waals surface area contributed by atoms with Crippen LogP contribution in [0.4, 0.5) is 4.39 Å². The fourth-order valence-electron chi connectivity index (χ4n) is 2.07.